The molecule has 3 atom stereocenters. The second-order valence-electron chi connectivity index (χ2n) is 3.62. The molecule has 2 fully saturated rings. The van der Waals surface area contributed by atoms with Crippen molar-refractivity contribution in [2.75, 3.05) is 20.3 Å². The molecule has 0 N–H and O–H groups in total. The summed E-state index contributed by atoms with van der Waals surface area (Å²) in [6.45, 7) is 4.27. The lowest BCUT2D eigenvalue weighted by Gasteiger charge is -2.20. The highest BCUT2D eigenvalue weighted by atomic mass is 16.5. The zero-order chi connectivity index (χ0) is 7.14. The third kappa shape index (κ3) is 0.789. The van der Waals surface area contributed by atoms with Gasteiger partial charge in [-0.1, -0.05) is 0 Å². The van der Waals surface area contributed by atoms with Gasteiger partial charge in [0.05, 0.1) is 13.2 Å². The Morgan fingerprint density at radius 2 is 2.20 bits per heavy atom. The van der Waals surface area contributed by atoms with Crippen molar-refractivity contribution in [1.82, 2.24) is 4.90 Å². The van der Waals surface area contributed by atoms with Crippen LogP contribution in [0.3, 0.4) is 0 Å². The Labute approximate surface area is 62.2 Å². The van der Waals surface area contributed by atoms with Crippen LogP contribution in [-0.4, -0.2) is 37.2 Å². The van der Waals surface area contributed by atoms with Crippen LogP contribution in [0.4, 0.5) is 0 Å². The van der Waals surface area contributed by atoms with Gasteiger partial charge < -0.3 is 4.74 Å². The first-order chi connectivity index (χ1) is 4.79. The molecule has 2 saturated heterocycles. The monoisotopic (exact) mass is 141 g/mol. The van der Waals surface area contributed by atoms with Gasteiger partial charge in [-0.3, -0.25) is 4.90 Å². The van der Waals surface area contributed by atoms with Crippen molar-refractivity contribution < 1.29 is 4.74 Å². The van der Waals surface area contributed by atoms with Crippen LogP contribution in [0.15, 0.2) is 0 Å². The minimum atomic E-state index is 0.731. The average molecular weight is 141 g/mol. The Hall–Kier alpha value is -0.0800. The Morgan fingerprint density at radius 3 is 2.90 bits per heavy atom. The zero-order valence-electron chi connectivity index (χ0n) is 6.71. The number of hydrogen-bond donors (Lipinski definition) is 0. The quantitative estimate of drug-likeness (QED) is 0.493. The van der Waals surface area contributed by atoms with Crippen molar-refractivity contribution >= 4 is 0 Å². The molecule has 2 heterocycles. The lowest BCUT2D eigenvalue weighted by molar-refractivity contribution is 0.141. The number of likely N-dealkylation sites (tertiary alicyclic amines) is 1. The molecule has 2 nitrogen and oxygen atoms in total. The number of ether oxygens (including phenoxy) is 1. The Morgan fingerprint density at radius 1 is 1.40 bits per heavy atom. The fraction of sp³-hybridized carbons (Fsp3) is 1.00. The Bertz CT molecular complexity index is 135. The molecule has 0 aromatic carbocycles. The summed E-state index contributed by atoms with van der Waals surface area (Å²) in [5, 5.41) is 0. The van der Waals surface area contributed by atoms with E-state index in [0.717, 1.165) is 31.2 Å². The predicted octanol–water partition coefficient (Wildman–Crippen LogP) is 0.725. The summed E-state index contributed by atoms with van der Waals surface area (Å²) in [6, 6.07) is 1.51. The van der Waals surface area contributed by atoms with Gasteiger partial charge in [0.15, 0.2) is 0 Å². The predicted molar refractivity (Wildman–Crippen MR) is 39.9 cm³/mol. The highest BCUT2D eigenvalue weighted by Gasteiger charge is 2.40. The molecule has 58 valence electrons. The van der Waals surface area contributed by atoms with Gasteiger partial charge in [0.1, 0.15) is 0 Å². The number of nitrogens with zero attached hydrogens (tertiary/aromatic N) is 1. The van der Waals surface area contributed by atoms with Crippen molar-refractivity contribution in [2.45, 2.75) is 25.4 Å². The number of fused-ring (bicyclic) bond motifs is 1. The maximum atomic E-state index is 5.39. The second kappa shape index (κ2) is 2.21. The van der Waals surface area contributed by atoms with Crippen molar-refractivity contribution in [3.05, 3.63) is 0 Å². The van der Waals surface area contributed by atoms with Crippen LogP contribution in [-0.2, 0) is 4.74 Å². The molecule has 0 aromatic heterocycles. The molecule has 0 aliphatic carbocycles. The minimum absolute atomic E-state index is 0.731. The lowest BCUT2D eigenvalue weighted by atomic mass is 10.0. The van der Waals surface area contributed by atoms with Gasteiger partial charge in [0.2, 0.25) is 0 Å². The van der Waals surface area contributed by atoms with E-state index in [1.165, 1.54) is 6.42 Å². The second-order valence-corrected chi connectivity index (χ2v) is 3.62. The molecule has 2 aliphatic rings. The molecular formula is C8H15NO. The standard InChI is InChI=1S/C8H15NO/c1-6-3-7-4-10-5-8(7)9(6)2/h6-8H,3-5H2,1-2H3/t6-,7-,8+/m1/s1. The summed E-state index contributed by atoms with van der Waals surface area (Å²) < 4.78 is 5.39. The van der Waals surface area contributed by atoms with Crippen molar-refractivity contribution in [3.63, 3.8) is 0 Å². The van der Waals surface area contributed by atoms with E-state index < -0.39 is 0 Å². The van der Waals surface area contributed by atoms with E-state index in [1.54, 1.807) is 0 Å². The Balaban J connectivity index is 2.09. The van der Waals surface area contributed by atoms with Gasteiger partial charge in [0, 0.05) is 18.0 Å². The van der Waals surface area contributed by atoms with Gasteiger partial charge >= 0.3 is 0 Å². The molecule has 0 amide bonds. The first-order valence-corrected chi connectivity index (χ1v) is 4.08. The van der Waals surface area contributed by atoms with Crippen LogP contribution in [0.5, 0.6) is 0 Å². The molecule has 0 unspecified atom stereocenters. The topological polar surface area (TPSA) is 12.5 Å². The minimum Gasteiger partial charge on any atom is -0.379 e. The summed E-state index contributed by atoms with van der Waals surface area (Å²) >= 11 is 0. The highest BCUT2D eigenvalue weighted by Crippen LogP contribution is 2.32. The van der Waals surface area contributed by atoms with Crippen LogP contribution in [0, 0.1) is 5.92 Å². The molecule has 0 bridgehead atoms. The maximum absolute atomic E-state index is 5.39. The first-order valence-electron chi connectivity index (χ1n) is 4.08. The molecule has 0 spiro atoms. The van der Waals surface area contributed by atoms with Crippen molar-refractivity contribution in [1.29, 1.82) is 0 Å². The summed E-state index contributed by atoms with van der Waals surface area (Å²) in [4.78, 5) is 2.46. The zero-order valence-corrected chi connectivity index (χ0v) is 6.71. The molecule has 2 aliphatic heterocycles. The summed E-state index contributed by atoms with van der Waals surface area (Å²) in [6.07, 6.45) is 1.33. The molecule has 0 radical (unpaired) electrons. The summed E-state index contributed by atoms with van der Waals surface area (Å²) in [5.41, 5.74) is 0. The van der Waals surface area contributed by atoms with Crippen LogP contribution in [0.1, 0.15) is 13.3 Å². The first kappa shape index (κ1) is 6.62. The smallest absolute Gasteiger partial charge is 0.0625 e. The van der Waals surface area contributed by atoms with Gasteiger partial charge in [0.25, 0.3) is 0 Å². The SMILES string of the molecule is C[C@@H]1C[C@@H]2COC[C@@H]2N1C. The average Bonchev–Trinajstić information content (AvgIpc) is 2.41. The number of rotatable bonds is 0. The van der Waals surface area contributed by atoms with Crippen LogP contribution in [0.25, 0.3) is 0 Å². The highest BCUT2D eigenvalue weighted by molar-refractivity contribution is 4.92. The molecule has 0 saturated carbocycles. The van der Waals surface area contributed by atoms with Crippen LogP contribution in [0.2, 0.25) is 0 Å². The number of hydrogen-bond acceptors (Lipinski definition) is 2. The largest absolute Gasteiger partial charge is 0.379 e. The van der Waals surface area contributed by atoms with E-state index in [4.69, 9.17) is 4.74 Å². The van der Waals surface area contributed by atoms with Crippen molar-refractivity contribution in [3.8, 4) is 0 Å². The fourth-order valence-corrected chi connectivity index (χ4v) is 2.19. The Kier molecular flexibility index (Phi) is 1.46. The van der Waals surface area contributed by atoms with E-state index in [1.807, 2.05) is 0 Å². The van der Waals surface area contributed by atoms with Gasteiger partial charge in [-0.05, 0) is 20.4 Å². The molecule has 2 rings (SSSR count). The van der Waals surface area contributed by atoms with Gasteiger partial charge in [-0.25, -0.2) is 0 Å². The fourth-order valence-electron chi connectivity index (χ4n) is 2.19. The number of likely N-dealkylation sites (N-methyl/N-ethyl adjacent to an activating group) is 1. The maximum Gasteiger partial charge on any atom is 0.0625 e. The van der Waals surface area contributed by atoms with E-state index in [2.05, 4.69) is 18.9 Å². The lowest BCUT2D eigenvalue weighted by Crippen LogP contribution is -2.32. The molecule has 10 heavy (non-hydrogen) atoms. The van der Waals surface area contributed by atoms with Gasteiger partial charge in [-0.2, -0.15) is 0 Å². The summed E-state index contributed by atoms with van der Waals surface area (Å²) in [5.74, 6) is 0.833. The van der Waals surface area contributed by atoms with E-state index in [0.29, 0.717) is 0 Å². The third-order valence-corrected chi connectivity index (χ3v) is 3.03. The van der Waals surface area contributed by atoms with Gasteiger partial charge in [-0.15, -0.1) is 0 Å². The van der Waals surface area contributed by atoms with Crippen LogP contribution < -0.4 is 0 Å². The molecule has 2 heteroatoms. The van der Waals surface area contributed by atoms with Crippen LogP contribution >= 0.6 is 0 Å². The third-order valence-electron chi connectivity index (χ3n) is 3.03. The molecule has 0 aromatic rings. The molecular weight excluding hydrogens is 126 g/mol. The van der Waals surface area contributed by atoms with E-state index in [9.17, 15) is 0 Å². The summed E-state index contributed by atoms with van der Waals surface area (Å²) in [7, 11) is 2.21. The van der Waals surface area contributed by atoms with E-state index in [-0.39, 0.29) is 0 Å². The van der Waals surface area contributed by atoms with Crippen molar-refractivity contribution in [2.24, 2.45) is 5.92 Å². The normalized spacial score (nSPS) is 48.0. The van der Waals surface area contributed by atoms with E-state index >= 15 is 0 Å².